The van der Waals surface area contributed by atoms with E-state index in [1.54, 1.807) is 12.4 Å². The zero-order chi connectivity index (χ0) is 10.3. The summed E-state index contributed by atoms with van der Waals surface area (Å²) in [6.45, 7) is 0.947. The molecule has 2 rings (SSSR count). The second kappa shape index (κ2) is 5.98. The van der Waals surface area contributed by atoms with Gasteiger partial charge in [0, 0.05) is 25.2 Å². The Balaban J connectivity index is 1.66. The van der Waals surface area contributed by atoms with Crippen molar-refractivity contribution < 1.29 is 4.43 Å². The highest BCUT2D eigenvalue weighted by molar-refractivity contribution is 6.45. The molecule has 82 valence electrons. The first-order valence-electron chi connectivity index (χ1n) is 5.78. The highest BCUT2D eigenvalue weighted by Gasteiger charge is 2.13. The molecule has 1 heterocycles. The highest BCUT2D eigenvalue weighted by Crippen LogP contribution is 2.23. The first-order valence-corrected chi connectivity index (χ1v) is 7.06. The summed E-state index contributed by atoms with van der Waals surface area (Å²) in [5.41, 5.74) is 0. The highest BCUT2D eigenvalue weighted by atomic mass is 28.2. The summed E-state index contributed by atoms with van der Waals surface area (Å²) < 4.78 is 5.80. The van der Waals surface area contributed by atoms with Gasteiger partial charge in [-0.3, -0.25) is 9.97 Å². The summed E-state index contributed by atoms with van der Waals surface area (Å²) in [5, 5.41) is 1.06. The molecule has 0 atom stereocenters. The van der Waals surface area contributed by atoms with Gasteiger partial charge < -0.3 is 4.43 Å². The molecular weight excluding hydrogens is 204 g/mol. The molecule has 0 spiro atoms. The van der Waals surface area contributed by atoms with Gasteiger partial charge in [-0.1, -0.05) is 19.3 Å². The van der Waals surface area contributed by atoms with Gasteiger partial charge in [0.25, 0.3) is 0 Å². The molecule has 0 amide bonds. The molecule has 4 heteroatoms. The second-order valence-electron chi connectivity index (χ2n) is 4.22. The Morgan fingerprint density at radius 2 is 2.13 bits per heavy atom. The fourth-order valence-corrected chi connectivity index (χ4v) is 3.11. The third kappa shape index (κ3) is 3.72. The van der Waals surface area contributed by atoms with Crippen LogP contribution in [0.25, 0.3) is 0 Å². The molecular formula is C11H18N2OSi. The smallest absolute Gasteiger partial charge is 0.214 e. The largest absolute Gasteiger partial charge is 0.417 e. The van der Waals surface area contributed by atoms with E-state index in [0.29, 0.717) is 0 Å². The van der Waals surface area contributed by atoms with E-state index in [1.165, 1.54) is 32.1 Å². The average Bonchev–Trinajstić information content (AvgIpc) is 2.32. The van der Waals surface area contributed by atoms with Gasteiger partial charge in [0.05, 0.1) is 5.32 Å². The van der Waals surface area contributed by atoms with E-state index in [1.807, 2.05) is 6.20 Å². The lowest BCUT2D eigenvalue weighted by molar-refractivity contribution is 0.218. The van der Waals surface area contributed by atoms with E-state index >= 15 is 0 Å². The molecule has 1 saturated carbocycles. The Morgan fingerprint density at radius 1 is 1.27 bits per heavy atom. The fraction of sp³-hybridized carbons (Fsp3) is 0.636. The van der Waals surface area contributed by atoms with Gasteiger partial charge >= 0.3 is 0 Å². The van der Waals surface area contributed by atoms with Crippen LogP contribution in [0, 0.1) is 5.92 Å². The maximum Gasteiger partial charge on any atom is 0.214 e. The van der Waals surface area contributed by atoms with Crippen molar-refractivity contribution in [2.45, 2.75) is 32.1 Å². The molecule has 0 unspecified atom stereocenters. The minimum atomic E-state index is -0.630. The SMILES string of the molecule is c1cnc([SiH2]OCC2CCCCC2)cn1. The van der Waals surface area contributed by atoms with Crippen LogP contribution in [0.3, 0.4) is 0 Å². The number of hydrogen-bond acceptors (Lipinski definition) is 3. The predicted octanol–water partition coefficient (Wildman–Crippen LogP) is 0.783. The van der Waals surface area contributed by atoms with Gasteiger partial charge in [-0.2, -0.15) is 0 Å². The third-order valence-electron chi connectivity index (χ3n) is 2.94. The number of hydrogen-bond donors (Lipinski definition) is 0. The fourth-order valence-electron chi connectivity index (χ4n) is 2.09. The van der Waals surface area contributed by atoms with Crippen molar-refractivity contribution in [1.82, 2.24) is 9.97 Å². The van der Waals surface area contributed by atoms with Crippen molar-refractivity contribution in [3.05, 3.63) is 18.6 Å². The summed E-state index contributed by atoms with van der Waals surface area (Å²) in [7, 11) is -0.630. The number of rotatable bonds is 4. The van der Waals surface area contributed by atoms with Crippen LogP contribution in [-0.2, 0) is 4.43 Å². The van der Waals surface area contributed by atoms with Crippen LogP contribution in [0.15, 0.2) is 18.6 Å². The topological polar surface area (TPSA) is 35.0 Å². The summed E-state index contributed by atoms with van der Waals surface area (Å²) >= 11 is 0. The van der Waals surface area contributed by atoms with Crippen LogP contribution < -0.4 is 5.32 Å². The van der Waals surface area contributed by atoms with E-state index in [9.17, 15) is 0 Å². The van der Waals surface area contributed by atoms with Gasteiger partial charge in [0.15, 0.2) is 0 Å². The van der Waals surface area contributed by atoms with Crippen LogP contribution in [0.1, 0.15) is 32.1 Å². The maximum atomic E-state index is 5.80. The molecule has 0 bridgehead atoms. The van der Waals surface area contributed by atoms with E-state index in [0.717, 1.165) is 17.8 Å². The Labute approximate surface area is 93.2 Å². The minimum absolute atomic E-state index is 0.630. The van der Waals surface area contributed by atoms with Gasteiger partial charge in [0.1, 0.15) is 0 Å². The van der Waals surface area contributed by atoms with Crippen LogP contribution in [0.4, 0.5) is 0 Å². The molecule has 0 radical (unpaired) electrons. The van der Waals surface area contributed by atoms with Crippen molar-refractivity contribution in [3.8, 4) is 0 Å². The molecule has 0 N–H and O–H groups in total. The lowest BCUT2D eigenvalue weighted by atomic mass is 9.90. The molecule has 1 aliphatic rings. The lowest BCUT2D eigenvalue weighted by Crippen LogP contribution is -2.24. The van der Waals surface area contributed by atoms with Gasteiger partial charge in [-0.15, -0.1) is 0 Å². The minimum Gasteiger partial charge on any atom is -0.417 e. The summed E-state index contributed by atoms with van der Waals surface area (Å²) in [6, 6.07) is 0. The van der Waals surface area contributed by atoms with Crippen molar-refractivity contribution in [1.29, 1.82) is 0 Å². The Kier molecular flexibility index (Phi) is 4.29. The third-order valence-corrected chi connectivity index (χ3v) is 4.05. The molecule has 15 heavy (non-hydrogen) atoms. The Hall–Kier alpha value is -0.743. The summed E-state index contributed by atoms with van der Waals surface area (Å²) in [4.78, 5) is 8.28. The van der Waals surface area contributed by atoms with Crippen LogP contribution in [-0.4, -0.2) is 26.3 Å². The molecule has 1 aromatic heterocycles. The normalized spacial score (nSPS) is 18.7. The summed E-state index contributed by atoms with van der Waals surface area (Å²) in [6.07, 6.45) is 12.2. The Morgan fingerprint density at radius 3 is 2.87 bits per heavy atom. The van der Waals surface area contributed by atoms with Gasteiger partial charge in [-0.05, 0) is 18.8 Å². The molecule has 1 aromatic rings. The van der Waals surface area contributed by atoms with E-state index in [-0.39, 0.29) is 0 Å². The maximum absolute atomic E-state index is 5.80. The number of nitrogens with zero attached hydrogens (tertiary/aromatic N) is 2. The first-order chi connectivity index (χ1) is 7.45. The Bertz CT molecular complexity index is 275. The molecule has 3 nitrogen and oxygen atoms in total. The lowest BCUT2D eigenvalue weighted by Gasteiger charge is -2.21. The molecule has 1 aliphatic carbocycles. The number of aromatic nitrogens is 2. The van der Waals surface area contributed by atoms with Crippen molar-refractivity contribution in [3.63, 3.8) is 0 Å². The second-order valence-corrected chi connectivity index (χ2v) is 5.64. The quantitative estimate of drug-likeness (QED) is 0.706. The van der Waals surface area contributed by atoms with Crippen molar-refractivity contribution >= 4 is 15.1 Å². The predicted molar refractivity (Wildman–Crippen MR) is 62.7 cm³/mol. The van der Waals surface area contributed by atoms with Crippen LogP contribution in [0.5, 0.6) is 0 Å². The molecule has 0 aliphatic heterocycles. The average molecular weight is 222 g/mol. The first kappa shape index (κ1) is 10.8. The van der Waals surface area contributed by atoms with Crippen LogP contribution in [0.2, 0.25) is 0 Å². The summed E-state index contributed by atoms with van der Waals surface area (Å²) in [5.74, 6) is 0.808. The molecule has 1 fully saturated rings. The molecule has 0 saturated heterocycles. The van der Waals surface area contributed by atoms with Gasteiger partial charge in [0.2, 0.25) is 9.76 Å². The molecule has 0 aromatic carbocycles. The zero-order valence-corrected chi connectivity index (χ0v) is 10.5. The van der Waals surface area contributed by atoms with E-state index in [2.05, 4.69) is 9.97 Å². The van der Waals surface area contributed by atoms with Crippen molar-refractivity contribution in [2.24, 2.45) is 5.92 Å². The zero-order valence-electron chi connectivity index (χ0n) is 9.06. The van der Waals surface area contributed by atoms with E-state index < -0.39 is 9.76 Å². The monoisotopic (exact) mass is 222 g/mol. The van der Waals surface area contributed by atoms with Crippen molar-refractivity contribution in [2.75, 3.05) is 6.61 Å². The standard InChI is InChI=1S/C11H18N2OSi/c1-2-4-10(5-3-1)9-14-15-11-8-12-6-7-13-11/h6-8,10H,1-5,9,15H2. The van der Waals surface area contributed by atoms with Crippen LogP contribution >= 0.6 is 0 Å². The van der Waals surface area contributed by atoms with Gasteiger partial charge in [-0.25, -0.2) is 0 Å². The van der Waals surface area contributed by atoms with E-state index in [4.69, 9.17) is 4.43 Å².